The summed E-state index contributed by atoms with van der Waals surface area (Å²) < 4.78 is 8.00. The first-order chi connectivity index (χ1) is 14.2. The fourth-order valence-corrected chi connectivity index (χ4v) is 4.84. The van der Waals surface area contributed by atoms with E-state index in [9.17, 15) is 5.11 Å². The van der Waals surface area contributed by atoms with E-state index < -0.39 is 0 Å². The number of aromatic nitrogens is 2. The number of pyridine rings is 1. The van der Waals surface area contributed by atoms with E-state index in [0.29, 0.717) is 12.5 Å². The molecule has 1 aromatic carbocycles. The summed E-state index contributed by atoms with van der Waals surface area (Å²) in [6, 6.07) is 14.4. The normalized spacial score (nSPS) is 23.2. The predicted octanol–water partition coefficient (Wildman–Crippen LogP) is 3.86. The molecule has 1 saturated heterocycles. The number of fused-ring (bicyclic) bond motifs is 1. The fourth-order valence-electron chi connectivity index (χ4n) is 4.84. The third-order valence-corrected chi connectivity index (χ3v) is 6.51. The first-order valence-electron chi connectivity index (χ1n) is 10.8. The minimum Gasteiger partial charge on any atom is -0.489 e. The van der Waals surface area contributed by atoms with Crippen LogP contribution in [0, 0.1) is 5.92 Å². The molecule has 1 aliphatic heterocycles. The molecule has 0 unspecified atom stereocenters. The zero-order valence-corrected chi connectivity index (χ0v) is 16.8. The van der Waals surface area contributed by atoms with E-state index >= 15 is 0 Å². The molecule has 1 aliphatic carbocycles. The molecule has 2 aliphatic rings. The summed E-state index contributed by atoms with van der Waals surface area (Å²) in [6.45, 7) is 3.45. The van der Waals surface area contributed by atoms with Crippen molar-refractivity contribution in [1.82, 2.24) is 14.5 Å². The number of β-amino-alcohol motifs (C(OH)–C–C–N with tert-alkyl or cyclic N) is 1. The number of rotatable bonds is 6. The van der Waals surface area contributed by atoms with Gasteiger partial charge in [-0.1, -0.05) is 30.3 Å². The SMILES string of the molecule is OC1CN(C[C@H]2CC[C@H](c3cnn4ccc(OCc5ccccc5)cc34)CC2)C1. The van der Waals surface area contributed by atoms with Gasteiger partial charge in [-0.3, -0.25) is 4.90 Å². The molecule has 29 heavy (non-hydrogen) atoms. The Bertz CT molecular complexity index is 941. The van der Waals surface area contributed by atoms with E-state index in [1.54, 1.807) is 0 Å². The lowest BCUT2D eigenvalue weighted by Crippen LogP contribution is -2.52. The summed E-state index contributed by atoms with van der Waals surface area (Å²) in [5, 5.41) is 14.1. The van der Waals surface area contributed by atoms with Crippen LogP contribution in [0.2, 0.25) is 0 Å². The minimum atomic E-state index is -0.0940. The van der Waals surface area contributed by atoms with Crippen molar-refractivity contribution in [1.29, 1.82) is 0 Å². The monoisotopic (exact) mass is 391 g/mol. The number of hydrogen-bond donors (Lipinski definition) is 1. The molecule has 2 aromatic heterocycles. The lowest BCUT2D eigenvalue weighted by molar-refractivity contribution is -0.00990. The van der Waals surface area contributed by atoms with Gasteiger partial charge in [-0.2, -0.15) is 5.10 Å². The standard InChI is InChI=1S/C24H29N3O2/c28-21-15-26(16-21)14-18-6-8-20(9-7-18)23-13-25-27-11-10-22(12-24(23)27)29-17-19-4-2-1-3-5-19/h1-5,10-13,18,20-21,28H,6-9,14-17H2/t18-,20-. The Morgan fingerprint density at radius 3 is 2.59 bits per heavy atom. The highest BCUT2D eigenvalue weighted by molar-refractivity contribution is 5.58. The highest BCUT2D eigenvalue weighted by Gasteiger charge is 2.30. The Labute approximate surface area is 171 Å². The molecule has 0 spiro atoms. The Kier molecular flexibility index (Phi) is 5.25. The summed E-state index contributed by atoms with van der Waals surface area (Å²) in [7, 11) is 0. The van der Waals surface area contributed by atoms with E-state index in [-0.39, 0.29) is 6.10 Å². The number of aliphatic hydroxyl groups excluding tert-OH is 1. The highest BCUT2D eigenvalue weighted by Crippen LogP contribution is 2.38. The summed E-state index contributed by atoms with van der Waals surface area (Å²) in [4.78, 5) is 2.39. The molecule has 5 rings (SSSR count). The molecule has 3 heterocycles. The van der Waals surface area contributed by atoms with Gasteiger partial charge in [0.25, 0.3) is 0 Å². The maximum atomic E-state index is 9.48. The van der Waals surface area contributed by atoms with E-state index in [1.807, 2.05) is 41.2 Å². The first kappa shape index (κ1) is 18.6. The average Bonchev–Trinajstić information content (AvgIpc) is 3.16. The quantitative estimate of drug-likeness (QED) is 0.693. The Morgan fingerprint density at radius 2 is 1.83 bits per heavy atom. The third kappa shape index (κ3) is 4.16. The molecule has 1 N–H and O–H groups in total. The van der Waals surface area contributed by atoms with Gasteiger partial charge < -0.3 is 9.84 Å². The molecule has 0 amide bonds. The Balaban J connectivity index is 1.23. The Morgan fingerprint density at radius 1 is 1.03 bits per heavy atom. The van der Waals surface area contributed by atoms with Crippen LogP contribution in [0.3, 0.4) is 0 Å². The van der Waals surface area contributed by atoms with Crippen molar-refractivity contribution >= 4 is 5.52 Å². The van der Waals surface area contributed by atoms with Crippen LogP contribution in [-0.2, 0) is 6.61 Å². The van der Waals surface area contributed by atoms with Gasteiger partial charge in [0.15, 0.2) is 0 Å². The van der Waals surface area contributed by atoms with Crippen molar-refractivity contribution in [3.05, 3.63) is 66.0 Å². The van der Waals surface area contributed by atoms with Crippen molar-refractivity contribution in [3.8, 4) is 5.75 Å². The molecular weight excluding hydrogens is 362 g/mol. The highest BCUT2D eigenvalue weighted by atomic mass is 16.5. The third-order valence-electron chi connectivity index (χ3n) is 6.51. The van der Waals surface area contributed by atoms with Crippen LogP contribution in [0.15, 0.2) is 54.9 Å². The second-order valence-corrected chi connectivity index (χ2v) is 8.66. The van der Waals surface area contributed by atoms with Gasteiger partial charge in [-0.25, -0.2) is 4.52 Å². The minimum absolute atomic E-state index is 0.0940. The molecule has 5 nitrogen and oxygen atoms in total. The maximum Gasteiger partial charge on any atom is 0.123 e. The average molecular weight is 392 g/mol. The van der Waals surface area contributed by atoms with Crippen molar-refractivity contribution < 1.29 is 9.84 Å². The van der Waals surface area contributed by atoms with Gasteiger partial charge >= 0.3 is 0 Å². The zero-order valence-electron chi connectivity index (χ0n) is 16.8. The molecule has 0 atom stereocenters. The van der Waals surface area contributed by atoms with Gasteiger partial charge in [0.1, 0.15) is 12.4 Å². The number of nitrogens with zero attached hydrogens (tertiary/aromatic N) is 3. The largest absolute Gasteiger partial charge is 0.489 e. The number of benzene rings is 1. The smallest absolute Gasteiger partial charge is 0.123 e. The number of hydrogen-bond acceptors (Lipinski definition) is 4. The van der Waals surface area contributed by atoms with E-state index in [2.05, 4.69) is 28.2 Å². The molecule has 3 aromatic rings. The van der Waals surface area contributed by atoms with Crippen LogP contribution >= 0.6 is 0 Å². The number of aliphatic hydroxyl groups is 1. The zero-order chi connectivity index (χ0) is 19.6. The topological polar surface area (TPSA) is 50.0 Å². The van der Waals surface area contributed by atoms with Gasteiger partial charge in [0, 0.05) is 37.5 Å². The van der Waals surface area contributed by atoms with Gasteiger partial charge in [0.05, 0.1) is 17.8 Å². The van der Waals surface area contributed by atoms with Gasteiger partial charge in [-0.15, -0.1) is 0 Å². The van der Waals surface area contributed by atoms with Crippen LogP contribution in [0.5, 0.6) is 5.75 Å². The van der Waals surface area contributed by atoms with Crippen LogP contribution in [-0.4, -0.2) is 45.4 Å². The first-order valence-corrected chi connectivity index (χ1v) is 10.8. The van der Waals surface area contributed by atoms with Crippen molar-refractivity contribution in [2.45, 2.75) is 44.3 Å². The van der Waals surface area contributed by atoms with E-state index in [1.165, 1.54) is 42.3 Å². The molecule has 2 fully saturated rings. The molecule has 0 bridgehead atoms. The molecule has 0 radical (unpaired) electrons. The maximum absolute atomic E-state index is 9.48. The summed E-state index contributed by atoms with van der Waals surface area (Å²) in [5.41, 5.74) is 3.70. The molecular formula is C24H29N3O2. The van der Waals surface area contributed by atoms with Crippen LogP contribution in [0.4, 0.5) is 0 Å². The van der Waals surface area contributed by atoms with Crippen molar-refractivity contribution in [2.24, 2.45) is 5.92 Å². The summed E-state index contributed by atoms with van der Waals surface area (Å²) in [6.07, 6.45) is 8.92. The summed E-state index contributed by atoms with van der Waals surface area (Å²) in [5.74, 6) is 2.24. The lowest BCUT2D eigenvalue weighted by atomic mass is 9.78. The van der Waals surface area contributed by atoms with E-state index in [4.69, 9.17) is 4.74 Å². The van der Waals surface area contributed by atoms with Crippen molar-refractivity contribution in [2.75, 3.05) is 19.6 Å². The van der Waals surface area contributed by atoms with Crippen LogP contribution in [0.25, 0.3) is 5.52 Å². The molecule has 1 saturated carbocycles. The number of likely N-dealkylation sites (tertiary alicyclic amines) is 1. The Hall–Kier alpha value is -2.37. The second-order valence-electron chi connectivity index (χ2n) is 8.66. The van der Waals surface area contributed by atoms with Crippen molar-refractivity contribution in [3.63, 3.8) is 0 Å². The predicted molar refractivity (Wildman–Crippen MR) is 113 cm³/mol. The summed E-state index contributed by atoms with van der Waals surface area (Å²) >= 11 is 0. The molecule has 152 valence electrons. The second kappa shape index (κ2) is 8.17. The van der Waals surface area contributed by atoms with Gasteiger partial charge in [-0.05, 0) is 49.1 Å². The number of ether oxygens (including phenoxy) is 1. The molecule has 5 heteroatoms. The van der Waals surface area contributed by atoms with Crippen LogP contribution in [0.1, 0.15) is 42.7 Å². The van der Waals surface area contributed by atoms with E-state index in [0.717, 1.165) is 31.3 Å². The van der Waals surface area contributed by atoms with Crippen LogP contribution < -0.4 is 4.74 Å². The van der Waals surface area contributed by atoms with Gasteiger partial charge in [0.2, 0.25) is 0 Å². The lowest BCUT2D eigenvalue weighted by Gasteiger charge is -2.40. The fraction of sp³-hybridized carbons (Fsp3) is 0.458.